The second-order valence-corrected chi connectivity index (χ2v) is 3.80. The van der Waals surface area contributed by atoms with Crippen LogP contribution in [0, 0.1) is 0 Å². The number of nitrogens with one attached hydrogen (secondary N) is 1. The lowest BCUT2D eigenvalue weighted by molar-refractivity contribution is 0.0951. The fourth-order valence-electron chi connectivity index (χ4n) is 1.65. The maximum absolute atomic E-state index is 12.0. The first-order chi connectivity index (χ1) is 8.83. The lowest BCUT2D eigenvalue weighted by Crippen LogP contribution is -2.26. The van der Waals surface area contributed by atoms with Crippen LogP contribution in [0.25, 0.3) is 5.69 Å². The summed E-state index contributed by atoms with van der Waals surface area (Å²) in [6.45, 7) is 0.532. The molecule has 5 heteroatoms. The molecule has 1 heterocycles. The highest BCUT2D eigenvalue weighted by molar-refractivity contribution is 5.97. The number of hydrogen-bond acceptors (Lipinski definition) is 3. The van der Waals surface area contributed by atoms with Gasteiger partial charge in [0.1, 0.15) is 0 Å². The average Bonchev–Trinajstić information content (AvgIpc) is 2.93. The molecule has 2 N–H and O–H groups in total. The van der Waals surface area contributed by atoms with Gasteiger partial charge in [0.25, 0.3) is 5.91 Å². The zero-order valence-electron chi connectivity index (χ0n) is 9.91. The third kappa shape index (κ3) is 2.75. The lowest BCUT2D eigenvalue weighted by Gasteiger charge is -2.09. The second kappa shape index (κ2) is 5.97. The third-order valence-corrected chi connectivity index (χ3v) is 2.52. The van der Waals surface area contributed by atoms with Gasteiger partial charge in [0.15, 0.2) is 0 Å². The Morgan fingerprint density at radius 3 is 2.89 bits per heavy atom. The number of aliphatic hydroxyl groups excluding tert-OH is 1. The number of rotatable bonds is 5. The van der Waals surface area contributed by atoms with Gasteiger partial charge >= 0.3 is 0 Å². The van der Waals surface area contributed by atoms with Crippen LogP contribution in [0.2, 0.25) is 0 Å². The van der Waals surface area contributed by atoms with E-state index in [0.29, 0.717) is 18.5 Å². The SMILES string of the molecule is O=C(NCCCO)c1ccccc1-n1cccn1. The molecule has 0 saturated heterocycles. The number of aliphatic hydroxyl groups is 1. The average molecular weight is 245 g/mol. The van der Waals surface area contributed by atoms with Gasteiger partial charge in [-0.15, -0.1) is 0 Å². The molecule has 0 spiro atoms. The van der Waals surface area contributed by atoms with Crippen LogP contribution in [0.1, 0.15) is 16.8 Å². The fourth-order valence-corrected chi connectivity index (χ4v) is 1.65. The van der Waals surface area contributed by atoms with Crippen LogP contribution in [-0.2, 0) is 0 Å². The molecule has 0 aliphatic heterocycles. The Bertz CT molecular complexity index is 509. The number of carbonyl (C=O) groups is 1. The van der Waals surface area contributed by atoms with Gasteiger partial charge in [0.2, 0.25) is 0 Å². The molecule has 2 rings (SSSR count). The molecule has 0 aliphatic carbocycles. The summed E-state index contributed by atoms with van der Waals surface area (Å²) in [6.07, 6.45) is 4.01. The largest absolute Gasteiger partial charge is 0.396 e. The van der Waals surface area contributed by atoms with Crippen molar-refractivity contribution in [3.05, 3.63) is 48.3 Å². The second-order valence-electron chi connectivity index (χ2n) is 3.80. The Hall–Kier alpha value is -2.14. The van der Waals surface area contributed by atoms with E-state index >= 15 is 0 Å². The van der Waals surface area contributed by atoms with Gasteiger partial charge in [-0.25, -0.2) is 4.68 Å². The van der Waals surface area contributed by atoms with Crippen molar-refractivity contribution in [2.45, 2.75) is 6.42 Å². The molecule has 0 atom stereocenters. The summed E-state index contributed by atoms with van der Waals surface area (Å²) in [7, 11) is 0. The molecular formula is C13H15N3O2. The van der Waals surface area contributed by atoms with Gasteiger partial charge in [0, 0.05) is 25.5 Å². The quantitative estimate of drug-likeness (QED) is 0.772. The molecule has 0 radical (unpaired) electrons. The van der Waals surface area contributed by atoms with Crippen molar-refractivity contribution >= 4 is 5.91 Å². The molecular weight excluding hydrogens is 230 g/mol. The lowest BCUT2D eigenvalue weighted by atomic mass is 10.1. The van der Waals surface area contributed by atoms with E-state index in [1.165, 1.54) is 0 Å². The highest BCUT2D eigenvalue weighted by Crippen LogP contribution is 2.13. The number of aromatic nitrogens is 2. The summed E-state index contributed by atoms with van der Waals surface area (Å²) in [6, 6.07) is 9.08. The van der Waals surface area contributed by atoms with Crippen LogP contribution < -0.4 is 5.32 Å². The van der Waals surface area contributed by atoms with E-state index < -0.39 is 0 Å². The van der Waals surface area contributed by atoms with Gasteiger partial charge in [-0.2, -0.15) is 5.10 Å². The topological polar surface area (TPSA) is 67.2 Å². The number of para-hydroxylation sites is 1. The number of hydrogen-bond donors (Lipinski definition) is 2. The van der Waals surface area contributed by atoms with Gasteiger partial charge in [-0.1, -0.05) is 12.1 Å². The minimum Gasteiger partial charge on any atom is -0.396 e. The van der Waals surface area contributed by atoms with Crippen molar-refractivity contribution < 1.29 is 9.90 Å². The number of benzene rings is 1. The van der Waals surface area contributed by atoms with Crippen molar-refractivity contribution in [1.82, 2.24) is 15.1 Å². The van der Waals surface area contributed by atoms with Crippen molar-refractivity contribution in [1.29, 1.82) is 0 Å². The van der Waals surface area contributed by atoms with Crippen LogP contribution >= 0.6 is 0 Å². The molecule has 1 aromatic heterocycles. The first-order valence-electron chi connectivity index (χ1n) is 5.81. The van der Waals surface area contributed by atoms with E-state index in [4.69, 9.17) is 5.11 Å². The highest BCUT2D eigenvalue weighted by atomic mass is 16.3. The summed E-state index contributed by atoms with van der Waals surface area (Å²) in [5.74, 6) is -0.158. The zero-order chi connectivity index (χ0) is 12.8. The Morgan fingerprint density at radius 2 is 2.17 bits per heavy atom. The molecule has 0 saturated carbocycles. The van der Waals surface area contributed by atoms with Crippen LogP contribution in [0.15, 0.2) is 42.7 Å². The smallest absolute Gasteiger partial charge is 0.253 e. The summed E-state index contributed by atoms with van der Waals surface area (Å²) < 4.78 is 1.65. The van der Waals surface area contributed by atoms with E-state index in [9.17, 15) is 4.79 Å². The Labute approximate surface area is 105 Å². The fraction of sp³-hybridized carbons (Fsp3) is 0.231. The van der Waals surface area contributed by atoms with E-state index in [1.54, 1.807) is 29.2 Å². The predicted octanol–water partition coefficient (Wildman–Crippen LogP) is 0.984. The maximum atomic E-state index is 12.0. The molecule has 0 unspecified atom stereocenters. The monoisotopic (exact) mass is 245 g/mol. The summed E-state index contributed by atoms with van der Waals surface area (Å²) >= 11 is 0. The summed E-state index contributed by atoms with van der Waals surface area (Å²) in [4.78, 5) is 12.0. The molecule has 1 amide bonds. The van der Waals surface area contributed by atoms with Crippen LogP contribution in [0.4, 0.5) is 0 Å². The van der Waals surface area contributed by atoms with Gasteiger partial charge in [-0.05, 0) is 24.6 Å². The summed E-state index contributed by atoms with van der Waals surface area (Å²) in [5, 5.41) is 15.6. The third-order valence-electron chi connectivity index (χ3n) is 2.52. The molecule has 2 aromatic rings. The minimum atomic E-state index is -0.158. The molecule has 0 fully saturated rings. The minimum absolute atomic E-state index is 0.0705. The Kier molecular flexibility index (Phi) is 4.09. The first kappa shape index (κ1) is 12.3. The van der Waals surface area contributed by atoms with Crippen molar-refractivity contribution in [3.63, 3.8) is 0 Å². The standard InChI is InChI=1S/C13H15N3O2/c17-10-4-7-14-13(18)11-5-1-2-6-12(11)16-9-3-8-15-16/h1-3,5-6,8-9,17H,4,7,10H2,(H,14,18). The molecule has 94 valence electrons. The number of nitrogens with zero attached hydrogens (tertiary/aromatic N) is 2. The van der Waals surface area contributed by atoms with E-state index in [-0.39, 0.29) is 12.5 Å². The Morgan fingerprint density at radius 1 is 1.33 bits per heavy atom. The molecule has 0 bridgehead atoms. The van der Waals surface area contributed by atoms with Crippen molar-refractivity contribution in [2.24, 2.45) is 0 Å². The molecule has 1 aromatic carbocycles. The zero-order valence-corrected chi connectivity index (χ0v) is 9.91. The van der Waals surface area contributed by atoms with Gasteiger partial charge < -0.3 is 10.4 Å². The van der Waals surface area contributed by atoms with Crippen LogP contribution in [0.3, 0.4) is 0 Å². The number of carbonyl (C=O) groups excluding carboxylic acids is 1. The Balaban J connectivity index is 2.20. The van der Waals surface area contributed by atoms with Crippen molar-refractivity contribution in [3.8, 4) is 5.69 Å². The van der Waals surface area contributed by atoms with Gasteiger partial charge in [0.05, 0.1) is 11.3 Å². The van der Waals surface area contributed by atoms with Crippen LogP contribution in [0.5, 0.6) is 0 Å². The predicted molar refractivity (Wildman–Crippen MR) is 67.6 cm³/mol. The normalized spacial score (nSPS) is 10.3. The first-order valence-corrected chi connectivity index (χ1v) is 5.81. The molecule has 5 nitrogen and oxygen atoms in total. The highest BCUT2D eigenvalue weighted by Gasteiger charge is 2.11. The molecule has 18 heavy (non-hydrogen) atoms. The van der Waals surface area contributed by atoms with E-state index in [1.807, 2.05) is 18.2 Å². The van der Waals surface area contributed by atoms with Crippen LogP contribution in [-0.4, -0.2) is 33.9 Å². The summed E-state index contributed by atoms with van der Waals surface area (Å²) in [5.41, 5.74) is 1.31. The number of amides is 1. The van der Waals surface area contributed by atoms with E-state index in [0.717, 1.165) is 5.69 Å². The van der Waals surface area contributed by atoms with Gasteiger partial charge in [-0.3, -0.25) is 4.79 Å². The maximum Gasteiger partial charge on any atom is 0.253 e. The van der Waals surface area contributed by atoms with E-state index in [2.05, 4.69) is 10.4 Å². The molecule has 0 aliphatic rings. The van der Waals surface area contributed by atoms with Crippen molar-refractivity contribution in [2.75, 3.05) is 13.2 Å².